The van der Waals surface area contributed by atoms with Gasteiger partial charge in [0.25, 0.3) is 0 Å². The summed E-state index contributed by atoms with van der Waals surface area (Å²) in [5.74, 6) is 5.24. The molecule has 0 saturated heterocycles. The summed E-state index contributed by atoms with van der Waals surface area (Å²) in [5.41, 5.74) is 0.177. The van der Waals surface area contributed by atoms with Gasteiger partial charge in [0.1, 0.15) is 5.75 Å². The van der Waals surface area contributed by atoms with Gasteiger partial charge in [-0.15, -0.1) is 24.8 Å². The van der Waals surface area contributed by atoms with Gasteiger partial charge in [-0.05, 0) is 18.2 Å². The van der Waals surface area contributed by atoms with E-state index in [0.29, 0.717) is 16.8 Å². The predicted molar refractivity (Wildman–Crippen MR) is 63.0 cm³/mol. The Balaban J connectivity index is 3.01. The minimum atomic E-state index is -4.73. The minimum Gasteiger partial charge on any atom is -0.404 e. The van der Waals surface area contributed by atoms with Crippen molar-refractivity contribution >= 4 is 27.5 Å². The van der Waals surface area contributed by atoms with Crippen LogP contribution in [0.25, 0.3) is 0 Å². The van der Waals surface area contributed by atoms with Crippen LogP contribution in [-0.4, -0.2) is 12.2 Å². The van der Waals surface area contributed by atoms with Gasteiger partial charge in [0.15, 0.2) is 0 Å². The number of halogens is 5. The van der Waals surface area contributed by atoms with E-state index in [1.165, 1.54) is 12.1 Å². The highest BCUT2D eigenvalue weighted by Gasteiger charge is 2.32. The van der Waals surface area contributed by atoms with Crippen LogP contribution < -0.4 is 4.74 Å². The fraction of sp³-hybridized carbons (Fsp3) is 0.273. The monoisotopic (exact) mass is 326 g/mol. The maximum atomic E-state index is 12.1. The van der Waals surface area contributed by atoms with Gasteiger partial charge in [-0.2, -0.15) is 0 Å². The molecule has 0 fully saturated rings. The van der Waals surface area contributed by atoms with E-state index in [0.717, 1.165) is 0 Å². The van der Waals surface area contributed by atoms with Crippen LogP contribution in [0.15, 0.2) is 22.7 Å². The number of benzene rings is 1. The topological polar surface area (TPSA) is 9.23 Å². The first-order valence-corrected chi connectivity index (χ1v) is 5.85. The maximum Gasteiger partial charge on any atom is 0.573 e. The summed E-state index contributed by atoms with van der Waals surface area (Å²) in [7, 11) is 0. The van der Waals surface area contributed by atoms with Gasteiger partial charge in [0.05, 0.1) is 5.56 Å². The Morgan fingerprint density at radius 2 is 2.06 bits per heavy atom. The SMILES string of the molecule is FC(F)(F)Oc1cc(Br)ccc1C#CCCCl. The summed E-state index contributed by atoms with van der Waals surface area (Å²) in [6.45, 7) is 0. The van der Waals surface area contributed by atoms with E-state index in [2.05, 4.69) is 32.5 Å². The third kappa shape index (κ3) is 5.33. The fourth-order valence-electron chi connectivity index (χ4n) is 1.01. The fourth-order valence-corrected chi connectivity index (χ4v) is 1.45. The molecule has 0 N–H and O–H groups in total. The van der Waals surface area contributed by atoms with Crippen LogP contribution >= 0.6 is 27.5 Å². The molecule has 6 heteroatoms. The third-order valence-corrected chi connectivity index (χ3v) is 2.29. The first-order valence-electron chi connectivity index (χ1n) is 4.52. The van der Waals surface area contributed by atoms with Crippen molar-refractivity contribution in [2.24, 2.45) is 0 Å². The molecule has 0 aliphatic heterocycles. The van der Waals surface area contributed by atoms with Crippen molar-refractivity contribution in [2.75, 3.05) is 5.88 Å². The third-order valence-electron chi connectivity index (χ3n) is 1.61. The molecule has 92 valence electrons. The van der Waals surface area contributed by atoms with E-state index in [1.54, 1.807) is 6.07 Å². The van der Waals surface area contributed by atoms with Gasteiger partial charge in [-0.3, -0.25) is 0 Å². The van der Waals surface area contributed by atoms with E-state index in [1.807, 2.05) is 0 Å². The summed E-state index contributed by atoms with van der Waals surface area (Å²) in [4.78, 5) is 0. The molecule has 0 aromatic heterocycles. The first kappa shape index (κ1) is 14.2. The van der Waals surface area contributed by atoms with Gasteiger partial charge in [-0.1, -0.05) is 27.8 Å². The quantitative estimate of drug-likeness (QED) is 0.580. The van der Waals surface area contributed by atoms with Crippen LogP contribution in [0.4, 0.5) is 13.2 Å². The largest absolute Gasteiger partial charge is 0.573 e. The van der Waals surface area contributed by atoms with Crippen LogP contribution in [0.2, 0.25) is 0 Å². The molecule has 0 saturated carbocycles. The molecule has 0 aliphatic rings. The molecule has 0 aliphatic carbocycles. The molecular formula is C11H7BrClF3O. The van der Waals surface area contributed by atoms with Crippen molar-refractivity contribution in [3.63, 3.8) is 0 Å². The van der Waals surface area contributed by atoms with Gasteiger partial charge in [-0.25, -0.2) is 0 Å². The molecule has 0 atom stereocenters. The lowest BCUT2D eigenvalue weighted by Crippen LogP contribution is -2.17. The van der Waals surface area contributed by atoms with E-state index in [4.69, 9.17) is 11.6 Å². The molecule has 1 rings (SSSR count). The lowest BCUT2D eigenvalue weighted by atomic mass is 10.2. The summed E-state index contributed by atoms with van der Waals surface area (Å²) >= 11 is 8.49. The highest BCUT2D eigenvalue weighted by atomic mass is 79.9. The van der Waals surface area contributed by atoms with Crippen LogP contribution in [0.3, 0.4) is 0 Å². The normalized spacial score (nSPS) is 10.6. The average Bonchev–Trinajstić information content (AvgIpc) is 2.19. The summed E-state index contributed by atoms with van der Waals surface area (Å²) in [6.07, 6.45) is -4.33. The van der Waals surface area contributed by atoms with Crippen molar-refractivity contribution in [1.29, 1.82) is 0 Å². The molecule has 0 bridgehead atoms. The number of ether oxygens (including phenoxy) is 1. The smallest absolute Gasteiger partial charge is 0.404 e. The van der Waals surface area contributed by atoms with E-state index >= 15 is 0 Å². The zero-order chi connectivity index (χ0) is 12.9. The van der Waals surface area contributed by atoms with Crippen LogP contribution in [0, 0.1) is 11.8 Å². The van der Waals surface area contributed by atoms with E-state index in [-0.39, 0.29) is 11.3 Å². The Morgan fingerprint density at radius 3 is 2.65 bits per heavy atom. The summed E-state index contributed by atoms with van der Waals surface area (Å²) in [6, 6.07) is 4.26. The number of hydrogen-bond acceptors (Lipinski definition) is 1. The standard InChI is InChI=1S/C11H7BrClF3O/c12-9-5-4-8(3-1-2-6-13)10(7-9)17-11(14,15)16/h4-5,7H,2,6H2. The minimum absolute atomic E-state index is 0.177. The van der Waals surface area contributed by atoms with Gasteiger partial charge in [0.2, 0.25) is 0 Å². The highest BCUT2D eigenvalue weighted by molar-refractivity contribution is 9.10. The molecule has 0 unspecified atom stereocenters. The van der Waals surface area contributed by atoms with Crippen molar-refractivity contribution in [1.82, 2.24) is 0 Å². The number of rotatable bonds is 2. The number of hydrogen-bond donors (Lipinski definition) is 0. The van der Waals surface area contributed by atoms with Crippen LogP contribution in [0.1, 0.15) is 12.0 Å². The lowest BCUT2D eigenvalue weighted by molar-refractivity contribution is -0.274. The second-order valence-electron chi connectivity index (χ2n) is 2.93. The molecular weight excluding hydrogens is 320 g/mol. The summed E-state index contributed by atoms with van der Waals surface area (Å²) in [5, 5.41) is 0. The van der Waals surface area contributed by atoms with Crippen molar-refractivity contribution in [3.8, 4) is 17.6 Å². The molecule has 1 aromatic carbocycles. The Hall–Kier alpha value is -0.860. The van der Waals surface area contributed by atoms with Gasteiger partial charge >= 0.3 is 6.36 Å². The molecule has 0 heterocycles. The molecule has 0 amide bonds. The van der Waals surface area contributed by atoms with Crippen molar-refractivity contribution in [2.45, 2.75) is 12.8 Å². The summed E-state index contributed by atoms with van der Waals surface area (Å²) < 4.78 is 40.8. The van der Waals surface area contributed by atoms with Gasteiger partial charge < -0.3 is 4.74 Å². The highest BCUT2D eigenvalue weighted by Crippen LogP contribution is 2.28. The molecule has 0 radical (unpaired) electrons. The second kappa shape index (κ2) is 6.18. The van der Waals surface area contributed by atoms with Crippen LogP contribution in [0.5, 0.6) is 5.75 Å². The van der Waals surface area contributed by atoms with Crippen molar-refractivity contribution < 1.29 is 17.9 Å². The zero-order valence-electron chi connectivity index (χ0n) is 8.44. The van der Waals surface area contributed by atoms with E-state index < -0.39 is 6.36 Å². The Kier molecular flexibility index (Phi) is 5.16. The van der Waals surface area contributed by atoms with E-state index in [9.17, 15) is 13.2 Å². The van der Waals surface area contributed by atoms with Crippen LogP contribution in [-0.2, 0) is 0 Å². The van der Waals surface area contributed by atoms with Gasteiger partial charge in [0, 0.05) is 16.8 Å². The molecule has 17 heavy (non-hydrogen) atoms. The maximum absolute atomic E-state index is 12.1. The molecule has 0 spiro atoms. The molecule has 1 nitrogen and oxygen atoms in total. The zero-order valence-corrected chi connectivity index (χ0v) is 10.8. The number of alkyl halides is 4. The lowest BCUT2D eigenvalue weighted by Gasteiger charge is -2.10. The Labute approximate surface area is 110 Å². The Morgan fingerprint density at radius 1 is 1.35 bits per heavy atom. The first-order chi connectivity index (χ1) is 7.92. The second-order valence-corrected chi connectivity index (χ2v) is 4.22. The average molecular weight is 328 g/mol. The Bertz CT molecular complexity index is 448. The predicted octanol–water partition coefficient (Wildman–Crippen LogP) is 4.33. The van der Waals surface area contributed by atoms with Crippen molar-refractivity contribution in [3.05, 3.63) is 28.2 Å². The molecule has 1 aromatic rings.